The van der Waals surface area contributed by atoms with E-state index < -0.39 is 0 Å². The van der Waals surface area contributed by atoms with Crippen LogP contribution in [0, 0.1) is 5.82 Å². The maximum Gasteiger partial charge on any atom is 0.127 e. The molecule has 1 aromatic rings. The second-order valence-electron chi connectivity index (χ2n) is 5.66. The second kappa shape index (κ2) is 8.35. The van der Waals surface area contributed by atoms with E-state index >= 15 is 0 Å². The summed E-state index contributed by atoms with van der Waals surface area (Å²) in [6.45, 7) is 6.44. The molecule has 0 saturated carbocycles. The van der Waals surface area contributed by atoms with Crippen LogP contribution in [0.15, 0.2) is 18.2 Å². The second-order valence-corrected chi connectivity index (χ2v) is 5.66. The Morgan fingerprint density at radius 1 is 1.43 bits per heavy atom. The van der Waals surface area contributed by atoms with E-state index in [1.165, 1.54) is 18.6 Å². The molecule has 3 nitrogen and oxygen atoms in total. The first-order chi connectivity index (χ1) is 10.2. The Labute approximate surface area is 126 Å². The molecule has 1 aliphatic heterocycles. The fourth-order valence-electron chi connectivity index (χ4n) is 2.58. The highest BCUT2D eigenvalue weighted by Crippen LogP contribution is 2.27. The fourth-order valence-corrected chi connectivity index (χ4v) is 2.58. The smallest absolute Gasteiger partial charge is 0.127 e. The quantitative estimate of drug-likeness (QED) is 0.829. The molecule has 1 N–H and O–H groups in total. The van der Waals surface area contributed by atoms with E-state index in [4.69, 9.17) is 9.47 Å². The van der Waals surface area contributed by atoms with Crippen molar-refractivity contribution in [3.05, 3.63) is 29.6 Å². The number of nitrogens with one attached hydrogen (secondary N) is 1. The van der Waals surface area contributed by atoms with Gasteiger partial charge in [0.05, 0.1) is 6.10 Å². The largest absolute Gasteiger partial charge is 0.490 e. The Morgan fingerprint density at radius 3 is 3.00 bits per heavy atom. The van der Waals surface area contributed by atoms with E-state index in [1.807, 2.05) is 0 Å². The van der Waals surface area contributed by atoms with E-state index in [-0.39, 0.29) is 18.0 Å². The first-order valence-corrected chi connectivity index (χ1v) is 7.98. The van der Waals surface area contributed by atoms with Crippen molar-refractivity contribution in [2.24, 2.45) is 0 Å². The minimum Gasteiger partial charge on any atom is -0.490 e. The molecule has 21 heavy (non-hydrogen) atoms. The van der Waals surface area contributed by atoms with Gasteiger partial charge in [-0.3, -0.25) is 0 Å². The lowest BCUT2D eigenvalue weighted by molar-refractivity contribution is -0.0113. The summed E-state index contributed by atoms with van der Waals surface area (Å²) in [6, 6.07) is 4.92. The highest BCUT2D eigenvalue weighted by atomic mass is 19.1. The van der Waals surface area contributed by atoms with Gasteiger partial charge in [0.1, 0.15) is 18.2 Å². The minimum atomic E-state index is -0.263. The van der Waals surface area contributed by atoms with E-state index in [0.29, 0.717) is 12.4 Å². The number of benzene rings is 1. The lowest BCUT2D eigenvalue weighted by Crippen LogP contribution is -2.26. The Hall–Kier alpha value is -1.13. The summed E-state index contributed by atoms with van der Waals surface area (Å²) in [7, 11) is 0. The predicted octanol–water partition coefficient (Wildman–Crippen LogP) is 3.83. The third kappa shape index (κ3) is 4.97. The maximum atomic E-state index is 13.5. The Bertz CT molecular complexity index is 433. The molecule has 118 valence electrons. The van der Waals surface area contributed by atoms with Crippen LogP contribution in [-0.4, -0.2) is 25.9 Å². The molecule has 0 bridgehead atoms. The van der Waals surface area contributed by atoms with Crippen LogP contribution in [-0.2, 0) is 4.74 Å². The van der Waals surface area contributed by atoms with Gasteiger partial charge in [0.25, 0.3) is 0 Å². The summed E-state index contributed by atoms with van der Waals surface area (Å²) in [5.74, 6) is 0.362. The lowest BCUT2D eigenvalue weighted by atomic mass is 10.1. The average molecular weight is 295 g/mol. The third-order valence-corrected chi connectivity index (χ3v) is 3.84. The van der Waals surface area contributed by atoms with E-state index in [0.717, 1.165) is 38.0 Å². The van der Waals surface area contributed by atoms with Gasteiger partial charge in [-0.2, -0.15) is 0 Å². The van der Waals surface area contributed by atoms with Crippen LogP contribution in [0.25, 0.3) is 0 Å². The summed E-state index contributed by atoms with van der Waals surface area (Å²) < 4.78 is 25.0. The van der Waals surface area contributed by atoms with Crippen molar-refractivity contribution in [2.45, 2.75) is 51.7 Å². The summed E-state index contributed by atoms with van der Waals surface area (Å²) in [5, 5.41) is 3.41. The first-order valence-electron chi connectivity index (χ1n) is 7.98. The van der Waals surface area contributed by atoms with Crippen molar-refractivity contribution >= 4 is 0 Å². The van der Waals surface area contributed by atoms with Gasteiger partial charge in [-0.25, -0.2) is 4.39 Å². The third-order valence-electron chi connectivity index (χ3n) is 3.84. The molecule has 1 aromatic carbocycles. The van der Waals surface area contributed by atoms with Gasteiger partial charge in [0.15, 0.2) is 0 Å². The van der Waals surface area contributed by atoms with E-state index in [1.54, 1.807) is 6.07 Å². The standard InChI is InChI=1S/C17H26FNO2/c1-3-9-19-13(2)16-8-7-14(18)11-17(16)21-12-15-6-4-5-10-20-15/h7-8,11,13,15,19H,3-6,9-10,12H2,1-2H3. The van der Waals surface area contributed by atoms with Crippen LogP contribution in [0.2, 0.25) is 0 Å². The predicted molar refractivity (Wildman–Crippen MR) is 82.2 cm³/mol. The summed E-state index contributed by atoms with van der Waals surface area (Å²) >= 11 is 0. The Morgan fingerprint density at radius 2 is 2.29 bits per heavy atom. The van der Waals surface area contributed by atoms with Crippen molar-refractivity contribution in [3.63, 3.8) is 0 Å². The molecule has 1 heterocycles. The molecular formula is C17H26FNO2. The molecule has 1 fully saturated rings. The highest BCUT2D eigenvalue weighted by molar-refractivity contribution is 5.36. The van der Waals surface area contributed by atoms with Gasteiger partial charge < -0.3 is 14.8 Å². The molecule has 0 spiro atoms. The maximum absolute atomic E-state index is 13.5. The van der Waals surface area contributed by atoms with E-state index in [2.05, 4.69) is 19.2 Å². The van der Waals surface area contributed by atoms with Crippen LogP contribution in [0.5, 0.6) is 5.75 Å². The van der Waals surface area contributed by atoms with Gasteiger partial charge in [-0.1, -0.05) is 13.0 Å². The summed E-state index contributed by atoms with van der Waals surface area (Å²) in [5.41, 5.74) is 1.00. The minimum absolute atomic E-state index is 0.133. The van der Waals surface area contributed by atoms with Crippen LogP contribution < -0.4 is 10.1 Å². The molecule has 0 aliphatic carbocycles. The summed E-state index contributed by atoms with van der Waals surface area (Å²) in [4.78, 5) is 0. The number of halogens is 1. The zero-order chi connectivity index (χ0) is 15.1. The topological polar surface area (TPSA) is 30.5 Å². The van der Waals surface area contributed by atoms with Crippen LogP contribution in [0.3, 0.4) is 0 Å². The molecule has 0 radical (unpaired) electrons. The molecule has 0 amide bonds. The van der Waals surface area contributed by atoms with Crippen LogP contribution in [0.4, 0.5) is 4.39 Å². The number of hydrogen-bond acceptors (Lipinski definition) is 3. The number of hydrogen-bond donors (Lipinski definition) is 1. The molecule has 1 saturated heterocycles. The van der Waals surface area contributed by atoms with Crippen LogP contribution in [0.1, 0.15) is 51.1 Å². The summed E-state index contributed by atoms with van der Waals surface area (Å²) in [6.07, 6.45) is 4.53. The zero-order valence-electron chi connectivity index (χ0n) is 13.0. The van der Waals surface area contributed by atoms with Gasteiger partial charge in [-0.15, -0.1) is 0 Å². The van der Waals surface area contributed by atoms with Crippen molar-refractivity contribution < 1.29 is 13.9 Å². The van der Waals surface area contributed by atoms with Gasteiger partial charge in [0, 0.05) is 24.3 Å². The van der Waals surface area contributed by atoms with Crippen molar-refractivity contribution in [2.75, 3.05) is 19.8 Å². The molecule has 2 atom stereocenters. The highest BCUT2D eigenvalue weighted by Gasteiger charge is 2.17. The molecule has 2 rings (SSSR count). The van der Waals surface area contributed by atoms with E-state index in [9.17, 15) is 4.39 Å². The fraction of sp³-hybridized carbons (Fsp3) is 0.647. The Kier molecular flexibility index (Phi) is 6.46. The average Bonchev–Trinajstić information content (AvgIpc) is 2.51. The molecule has 4 heteroatoms. The van der Waals surface area contributed by atoms with Gasteiger partial charge in [0.2, 0.25) is 0 Å². The monoisotopic (exact) mass is 295 g/mol. The van der Waals surface area contributed by atoms with Crippen molar-refractivity contribution in [3.8, 4) is 5.75 Å². The molecule has 0 aromatic heterocycles. The normalized spacial score (nSPS) is 20.2. The molecular weight excluding hydrogens is 269 g/mol. The Balaban J connectivity index is 2.00. The van der Waals surface area contributed by atoms with Gasteiger partial charge >= 0.3 is 0 Å². The SMILES string of the molecule is CCCNC(C)c1ccc(F)cc1OCC1CCCCO1. The zero-order valence-corrected chi connectivity index (χ0v) is 13.0. The first kappa shape index (κ1) is 16.2. The molecule has 1 aliphatic rings. The molecule has 2 unspecified atom stereocenters. The number of ether oxygens (including phenoxy) is 2. The van der Waals surface area contributed by atoms with Crippen molar-refractivity contribution in [1.82, 2.24) is 5.32 Å². The lowest BCUT2D eigenvalue weighted by Gasteiger charge is -2.24. The van der Waals surface area contributed by atoms with Crippen molar-refractivity contribution in [1.29, 1.82) is 0 Å². The number of rotatable bonds is 7. The van der Waals surface area contributed by atoms with Crippen LogP contribution >= 0.6 is 0 Å². The van der Waals surface area contributed by atoms with Gasteiger partial charge in [-0.05, 0) is 45.2 Å².